The molecule has 112 valence electrons. The van der Waals surface area contributed by atoms with Crippen LogP contribution in [0.5, 0.6) is 0 Å². The number of ether oxygens (including phenoxy) is 2. The predicted molar refractivity (Wildman–Crippen MR) is 83.8 cm³/mol. The van der Waals surface area contributed by atoms with Crippen LogP contribution >= 0.6 is 15.9 Å². The predicted octanol–water partition coefficient (Wildman–Crippen LogP) is 3.47. The average Bonchev–Trinajstić information content (AvgIpc) is 2.38. The van der Waals surface area contributed by atoms with Crippen molar-refractivity contribution in [3.63, 3.8) is 0 Å². The Labute approximate surface area is 129 Å². The summed E-state index contributed by atoms with van der Waals surface area (Å²) in [6, 6.07) is 7.68. The number of methoxy groups -OCH3 is 1. The van der Waals surface area contributed by atoms with Gasteiger partial charge in [0.15, 0.2) is 5.54 Å². The third-order valence-corrected chi connectivity index (χ3v) is 3.68. The van der Waals surface area contributed by atoms with Crippen molar-refractivity contribution in [2.75, 3.05) is 25.6 Å². The zero-order valence-electron chi connectivity index (χ0n) is 12.4. The van der Waals surface area contributed by atoms with Crippen LogP contribution in [0, 0.1) is 5.92 Å². The van der Waals surface area contributed by atoms with Crippen LogP contribution in [0.15, 0.2) is 28.7 Å². The number of esters is 1. The van der Waals surface area contributed by atoms with Gasteiger partial charge in [0, 0.05) is 17.3 Å². The second-order valence-electron chi connectivity index (χ2n) is 4.91. The van der Waals surface area contributed by atoms with Gasteiger partial charge in [0.05, 0.1) is 13.2 Å². The minimum Gasteiger partial charge on any atom is -0.464 e. The molecule has 0 aliphatic rings. The lowest BCUT2D eigenvalue weighted by atomic mass is 9.86. The highest BCUT2D eigenvalue weighted by molar-refractivity contribution is 9.10. The van der Waals surface area contributed by atoms with E-state index in [4.69, 9.17) is 9.47 Å². The molecule has 0 aliphatic carbocycles. The summed E-state index contributed by atoms with van der Waals surface area (Å²) in [6.07, 6.45) is 0. The van der Waals surface area contributed by atoms with Gasteiger partial charge >= 0.3 is 5.97 Å². The number of hydrogen-bond donors (Lipinski definition) is 1. The molecule has 0 saturated heterocycles. The van der Waals surface area contributed by atoms with Crippen molar-refractivity contribution in [3.8, 4) is 0 Å². The summed E-state index contributed by atoms with van der Waals surface area (Å²) in [7, 11) is 1.58. The number of anilines is 1. The summed E-state index contributed by atoms with van der Waals surface area (Å²) in [4.78, 5) is 12.4. The number of halogens is 1. The highest BCUT2D eigenvalue weighted by Gasteiger charge is 2.43. The minimum absolute atomic E-state index is 0.0143. The monoisotopic (exact) mass is 343 g/mol. The third kappa shape index (κ3) is 3.96. The first kappa shape index (κ1) is 17.0. The van der Waals surface area contributed by atoms with Gasteiger partial charge in [-0.25, -0.2) is 4.79 Å². The van der Waals surface area contributed by atoms with E-state index in [2.05, 4.69) is 21.2 Å². The Kier molecular flexibility index (Phi) is 6.49. The first-order chi connectivity index (χ1) is 9.46. The van der Waals surface area contributed by atoms with Crippen molar-refractivity contribution in [2.24, 2.45) is 5.92 Å². The van der Waals surface area contributed by atoms with Crippen LogP contribution in [0.3, 0.4) is 0 Å². The largest absolute Gasteiger partial charge is 0.464 e. The fraction of sp³-hybridized carbons (Fsp3) is 0.533. The smallest absolute Gasteiger partial charge is 0.334 e. The van der Waals surface area contributed by atoms with E-state index in [0.29, 0.717) is 6.61 Å². The molecule has 1 N–H and O–H groups in total. The molecular formula is C15H22BrNO3. The molecular weight excluding hydrogens is 322 g/mol. The van der Waals surface area contributed by atoms with E-state index in [9.17, 15) is 4.79 Å². The number of nitrogens with one attached hydrogen (secondary N) is 1. The van der Waals surface area contributed by atoms with Gasteiger partial charge in [-0.1, -0.05) is 35.8 Å². The summed E-state index contributed by atoms with van der Waals surface area (Å²) in [5, 5.41) is 3.29. The fourth-order valence-corrected chi connectivity index (χ4v) is 2.40. The normalized spacial score (nSPS) is 13.9. The summed E-state index contributed by atoms with van der Waals surface area (Å²) in [5.41, 5.74) is -0.0517. The van der Waals surface area contributed by atoms with Crippen molar-refractivity contribution < 1.29 is 14.3 Å². The molecule has 1 unspecified atom stereocenters. The molecule has 1 aromatic rings. The maximum atomic E-state index is 12.4. The lowest BCUT2D eigenvalue weighted by Crippen LogP contribution is -2.55. The van der Waals surface area contributed by atoms with E-state index in [1.807, 2.05) is 38.1 Å². The van der Waals surface area contributed by atoms with Crippen LogP contribution in [0.2, 0.25) is 0 Å². The molecule has 0 fully saturated rings. The maximum absolute atomic E-state index is 12.4. The molecule has 1 atom stereocenters. The lowest BCUT2D eigenvalue weighted by Gasteiger charge is -2.36. The van der Waals surface area contributed by atoms with Crippen molar-refractivity contribution in [1.82, 2.24) is 0 Å². The number of hydrogen-bond acceptors (Lipinski definition) is 4. The van der Waals surface area contributed by atoms with Crippen molar-refractivity contribution in [1.29, 1.82) is 0 Å². The minimum atomic E-state index is -0.897. The topological polar surface area (TPSA) is 47.6 Å². The Bertz CT molecular complexity index is 450. The van der Waals surface area contributed by atoms with Gasteiger partial charge in [0.1, 0.15) is 0 Å². The number of rotatable bonds is 7. The van der Waals surface area contributed by atoms with Gasteiger partial charge in [0.2, 0.25) is 0 Å². The van der Waals surface area contributed by atoms with Gasteiger partial charge in [0.25, 0.3) is 0 Å². The van der Waals surface area contributed by atoms with Gasteiger partial charge in [-0.2, -0.15) is 0 Å². The van der Waals surface area contributed by atoms with Gasteiger partial charge in [-0.05, 0) is 31.0 Å². The summed E-state index contributed by atoms with van der Waals surface area (Å²) in [6.45, 7) is 6.34. The molecule has 1 aromatic carbocycles. The van der Waals surface area contributed by atoms with E-state index in [0.717, 1.165) is 10.2 Å². The average molecular weight is 344 g/mol. The Morgan fingerprint density at radius 3 is 2.65 bits per heavy atom. The van der Waals surface area contributed by atoms with Crippen LogP contribution in [0.25, 0.3) is 0 Å². The first-order valence-electron chi connectivity index (χ1n) is 6.66. The molecule has 0 spiro atoms. The maximum Gasteiger partial charge on any atom is 0.334 e. The second kappa shape index (κ2) is 7.64. The van der Waals surface area contributed by atoms with E-state index in [-0.39, 0.29) is 18.5 Å². The Morgan fingerprint density at radius 2 is 2.15 bits per heavy atom. The van der Waals surface area contributed by atoms with E-state index < -0.39 is 5.54 Å². The van der Waals surface area contributed by atoms with Crippen LogP contribution in [-0.2, 0) is 14.3 Å². The molecule has 0 radical (unpaired) electrons. The van der Waals surface area contributed by atoms with Crippen LogP contribution in [0.4, 0.5) is 5.69 Å². The Balaban J connectivity index is 3.11. The first-order valence-corrected chi connectivity index (χ1v) is 7.45. The van der Waals surface area contributed by atoms with Gasteiger partial charge < -0.3 is 14.8 Å². The zero-order valence-corrected chi connectivity index (χ0v) is 14.0. The molecule has 0 saturated carbocycles. The highest BCUT2D eigenvalue weighted by atomic mass is 79.9. The van der Waals surface area contributed by atoms with Gasteiger partial charge in [-0.15, -0.1) is 0 Å². The summed E-state index contributed by atoms with van der Waals surface area (Å²) in [5.74, 6) is -0.280. The zero-order chi connectivity index (χ0) is 15.2. The molecule has 0 heterocycles. The molecule has 0 aliphatic heterocycles. The fourth-order valence-electron chi connectivity index (χ4n) is 2.00. The van der Waals surface area contributed by atoms with Crippen LogP contribution < -0.4 is 5.32 Å². The molecule has 1 rings (SSSR count). The summed E-state index contributed by atoms with van der Waals surface area (Å²) >= 11 is 3.43. The standard InChI is InChI=1S/C15H22BrNO3/c1-5-20-14(18)15(10-19-4,11(2)3)17-13-8-6-7-12(16)9-13/h6-9,11,17H,5,10H2,1-4H3. The molecule has 0 amide bonds. The van der Waals surface area contributed by atoms with E-state index >= 15 is 0 Å². The molecule has 20 heavy (non-hydrogen) atoms. The molecule has 0 aromatic heterocycles. The quantitative estimate of drug-likeness (QED) is 0.770. The van der Waals surface area contributed by atoms with Crippen molar-refractivity contribution in [2.45, 2.75) is 26.3 Å². The number of benzene rings is 1. The SMILES string of the molecule is CCOC(=O)C(COC)(Nc1cccc(Br)c1)C(C)C. The number of carbonyl (C=O) groups excluding carboxylic acids is 1. The Morgan fingerprint density at radius 1 is 1.45 bits per heavy atom. The lowest BCUT2D eigenvalue weighted by molar-refractivity contribution is -0.152. The summed E-state index contributed by atoms with van der Waals surface area (Å²) < 4.78 is 11.4. The number of carbonyl (C=O) groups is 1. The van der Waals surface area contributed by atoms with Crippen molar-refractivity contribution in [3.05, 3.63) is 28.7 Å². The Hall–Kier alpha value is -1.07. The molecule has 4 nitrogen and oxygen atoms in total. The van der Waals surface area contributed by atoms with E-state index in [1.54, 1.807) is 14.0 Å². The van der Waals surface area contributed by atoms with E-state index in [1.165, 1.54) is 0 Å². The second-order valence-corrected chi connectivity index (χ2v) is 5.83. The molecule has 0 bridgehead atoms. The molecule has 5 heteroatoms. The van der Waals surface area contributed by atoms with Crippen LogP contribution in [-0.4, -0.2) is 31.8 Å². The third-order valence-electron chi connectivity index (χ3n) is 3.19. The highest BCUT2D eigenvalue weighted by Crippen LogP contribution is 2.27. The van der Waals surface area contributed by atoms with Gasteiger partial charge in [-0.3, -0.25) is 0 Å². The van der Waals surface area contributed by atoms with Crippen LogP contribution in [0.1, 0.15) is 20.8 Å². The van der Waals surface area contributed by atoms with Crippen molar-refractivity contribution >= 4 is 27.6 Å².